The summed E-state index contributed by atoms with van der Waals surface area (Å²) in [7, 11) is 1.34. The Kier molecular flexibility index (Phi) is 5.60. The zero-order valence-corrected chi connectivity index (χ0v) is 13.0. The maximum Gasteiger partial charge on any atom is 0.411 e. The minimum atomic E-state index is -0.570. The van der Waals surface area contributed by atoms with Gasteiger partial charge in [0.25, 0.3) is 0 Å². The fourth-order valence-electron chi connectivity index (χ4n) is 2.30. The van der Waals surface area contributed by atoms with Gasteiger partial charge in [-0.05, 0) is 46.5 Å². The molecule has 1 aliphatic rings. The van der Waals surface area contributed by atoms with Crippen LogP contribution in [0.25, 0.3) is 0 Å². The van der Waals surface area contributed by atoms with E-state index in [1.54, 1.807) is 0 Å². The summed E-state index contributed by atoms with van der Waals surface area (Å²) in [6.07, 6.45) is 5.05. The molecule has 5 heteroatoms. The highest BCUT2D eigenvalue weighted by Crippen LogP contribution is 2.28. The fourth-order valence-corrected chi connectivity index (χ4v) is 2.30. The Morgan fingerprint density at radius 2 is 2.00 bits per heavy atom. The molecule has 1 fully saturated rings. The molecule has 0 spiro atoms. The Balaban J connectivity index is 2.78. The number of amides is 1. The van der Waals surface area contributed by atoms with Crippen molar-refractivity contribution in [2.75, 3.05) is 13.7 Å². The van der Waals surface area contributed by atoms with Gasteiger partial charge in [0.1, 0.15) is 11.6 Å². The van der Waals surface area contributed by atoms with E-state index in [0.717, 1.165) is 6.42 Å². The third kappa shape index (κ3) is 4.54. The van der Waals surface area contributed by atoms with Gasteiger partial charge < -0.3 is 9.47 Å². The van der Waals surface area contributed by atoms with Crippen LogP contribution in [-0.2, 0) is 14.3 Å². The second-order valence-electron chi connectivity index (χ2n) is 6.08. The van der Waals surface area contributed by atoms with Crippen molar-refractivity contribution in [3.63, 3.8) is 0 Å². The number of rotatable bonds is 3. The summed E-state index contributed by atoms with van der Waals surface area (Å²) < 4.78 is 10.2. The second-order valence-corrected chi connectivity index (χ2v) is 6.08. The largest absolute Gasteiger partial charge is 0.467 e. The van der Waals surface area contributed by atoms with Gasteiger partial charge in [0.15, 0.2) is 0 Å². The van der Waals surface area contributed by atoms with Crippen LogP contribution in [0.15, 0.2) is 12.2 Å². The molecule has 114 valence electrons. The number of carbonyl (C=O) groups excluding carboxylic acids is 2. The average molecular weight is 283 g/mol. The molecular formula is C15H25NO4. The first-order chi connectivity index (χ1) is 9.28. The van der Waals surface area contributed by atoms with Gasteiger partial charge in [0.2, 0.25) is 0 Å². The van der Waals surface area contributed by atoms with Crippen LogP contribution in [0.1, 0.15) is 40.5 Å². The van der Waals surface area contributed by atoms with Crippen molar-refractivity contribution in [2.24, 2.45) is 5.92 Å². The van der Waals surface area contributed by atoms with Crippen molar-refractivity contribution in [3.05, 3.63) is 12.2 Å². The molecule has 1 saturated heterocycles. The van der Waals surface area contributed by atoms with Crippen LogP contribution in [-0.4, -0.2) is 42.3 Å². The topological polar surface area (TPSA) is 55.8 Å². The first kappa shape index (κ1) is 16.5. The van der Waals surface area contributed by atoms with Crippen LogP contribution in [0.2, 0.25) is 0 Å². The van der Waals surface area contributed by atoms with Crippen LogP contribution < -0.4 is 0 Å². The number of likely N-dealkylation sites (tertiary alicyclic amines) is 1. The van der Waals surface area contributed by atoms with Crippen molar-refractivity contribution >= 4 is 12.1 Å². The molecule has 0 aromatic heterocycles. The molecule has 0 radical (unpaired) electrons. The van der Waals surface area contributed by atoms with Gasteiger partial charge in [-0.3, -0.25) is 4.90 Å². The SMILES string of the molecule is C/C=C/CC1CC(C(=O)OC)N(C(=O)OC(C)(C)C)C1. The molecule has 2 atom stereocenters. The van der Waals surface area contributed by atoms with E-state index in [2.05, 4.69) is 6.08 Å². The Labute approximate surface area is 120 Å². The zero-order chi connectivity index (χ0) is 15.3. The van der Waals surface area contributed by atoms with Gasteiger partial charge in [-0.1, -0.05) is 12.2 Å². The third-order valence-corrected chi connectivity index (χ3v) is 3.19. The minimum Gasteiger partial charge on any atom is -0.467 e. The predicted molar refractivity (Wildman–Crippen MR) is 76.3 cm³/mol. The lowest BCUT2D eigenvalue weighted by Crippen LogP contribution is -2.43. The van der Waals surface area contributed by atoms with Gasteiger partial charge in [-0.2, -0.15) is 0 Å². The first-order valence-electron chi connectivity index (χ1n) is 6.97. The molecular weight excluding hydrogens is 258 g/mol. The normalized spacial score (nSPS) is 23.1. The fraction of sp³-hybridized carbons (Fsp3) is 0.733. The van der Waals surface area contributed by atoms with E-state index in [4.69, 9.17) is 9.47 Å². The first-order valence-corrected chi connectivity index (χ1v) is 6.97. The minimum absolute atomic E-state index is 0.266. The van der Waals surface area contributed by atoms with Crippen molar-refractivity contribution in [1.29, 1.82) is 0 Å². The van der Waals surface area contributed by atoms with Gasteiger partial charge in [0, 0.05) is 6.54 Å². The summed E-state index contributed by atoms with van der Waals surface area (Å²) in [5.41, 5.74) is -0.570. The standard InChI is InChI=1S/C15H25NO4/c1-6-7-8-11-9-12(13(17)19-5)16(10-11)14(18)20-15(2,3)4/h6-7,11-12H,8-10H2,1-5H3/b7-6+. The molecule has 0 saturated carbocycles. The van der Waals surface area contributed by atoms with Gasteiger partial charge in [-0.15, -0.1) is 0 Å². The van der Waals surface area contributed by atoms with Crippen LogP contribution in [0, 0.1) is 5.92 Å². The highest BCUT2D eigenvalue weighted by Gasteiger charge is 2.41. The Morgan fingerprint density at radius 3 is 2.50 bits per heavy atom. The maximum absolute atomic E-state index is 12.2. The monoisotopic (exact) mass is 283 g/mol. The summed E-state index contributed by atoms with van der Waals surface area (Å²) in [6, 6.07) is -0.537. The van der Waals surface area contributed by atoms with Crippen LogP contribution in [0.4, 0.5) is 4.79 Å². The number of ether oxygens (including phenoxy) is 2. The Hall–Kier alpha value is -1.52. The number of carbonyl (C=O) groups is 2. The molecule has 20 heavy (non-hydrogen) atoms. The molecule has 0 aliphatic carbocycles. The smallest absolute Gasteiger partial charge is 0.411 e. The predicted octanol–water partition coefficient (Wildman–Crippen LogP) is 2.75. The number of hydrogen-bond donors (Lipinski definition) is 0. The van der Waals surface area contributed by atoms with E-state index in [0.29, 0.717) is 13.0 Å². The average Bonchev–Trinajstić information content (AvgIpc) is 2.77. The summed E-state index contributed by atoms with van der Waals surface area (Å²) in [5.74, 6) is -0.110. The van der Waals surface area contributed by atoms with E-state index in [9.17, 15) is 9.59 Å². The highest BCUT2D eigenvalue weighted by atomic mass is 16.6. The Morgan fingerprint density at radius 1 is 1.35 bits per heavy atom. The second kappa shape index (κ2) is 6.77. The Bertz CT molecular complexity index is 384. The lowest BCUT2D eigenvalue weighted by atomic mass is 10.0. The van der Waals surface area contributed by atoms with E-state index in [1.165, 1.54) is 12.0 Å². The van der Waals surface area contributed by atoms with Crippen LogP contribution in [0.3, 0.4) is 0 Å². The molecule has 0 bridgehead atoms. The van der Waals surface area contributed by atoms with E-state index < -0.39 is 17.7 Å². The van der Waals surface area contributed by atoms with Crippen molar-refractivity contribution in [3.8, 4) is 0 Å². The molecule has 1 amide bonds. The van der Waals surface area contributed by atoms with Gasteiger partial charge in [-0.25, -0.2) is 9.59 Å². The lowest BCUT2D eigenvalue weighted by molar-refractivity contribution is -0.145. The van der Waals surface area contributed by atoms with E-state index >= 15 is 0 Å². The van der Waals surface area contributed by atoms with Gasteiger partial charge >= 0.3 is 12.1 Å². The number of nitrogens with zero attached hydrogens (tertiary/aromatic N) is 1. The zero-order valence-electron chi connectivity index (χ0n) is 13.0. The molecule has 1 aliphatic heterocycles. The number of methoxy groups -OCH3 is 1. The molecule has 0 aromatic carbocycles. The van der Waals surface area contributed by atoms with E-state index in [1.807, 2.05) is 33.8 Å². The molecule has 1 rings (SSSR count). The van der Waals surface area contributed by atoms with Crippen LogP contribution >= 0.6 is 0 Å². The van der Waals surface area contributed by atoms with Crippen molar-refractivity contribution in [1.82, 2.24) is 4.90 Å². The molecule has 2 unspecified atom stereocenters. The van der Waals surface area contributed by atoms with Crippen molar-refractivity contribution < 1.29 is 19.1 Å². The highest BCUT2D eigenvalue weighted by molar-refractivity contribution is 5.82. The maximum atomic E-state index is 12.2. The summed E-state index contributed by atoms with van der Waals surface area (Å²) >= 11 is 0. The number of hydrogen-bond acceptors (Lipinski definition) is 4. The third-order valence-electron chi connectivity index (χ3n) is 3.19. The van der Waals surface area contributed by atoms with E-state index in [-0.39, 0.29) is 11.9 Å². The number of esters is 1. The summed E-state index contributed by atoms with van der Waals surface area (Å²) in [5, 5.41) is 0. The van der Waals surface area contributed by atoms with Crippen molar-refractivity contribution in [2.45, 2.75) is 52.2 Å². The molecule has 5 nitrogen and oxygen atoms in total. The molecule has 0 N–H and O–H groups in total. The van der Waals surface area contributed by atoms with Crippen LogP contribution in [0.5, 0.6) is 0 Å². The lowest BCUT2D eigenvalue weighted by Gasteiger charge is -2.27. The number of allylic oxidation sites excluding steroid dienone is 2. The quantitative estimate of drug-likeness (QED) is 0.590. The molecule has 1 heterocycles. The molecule has 0 aromatic rings. The summed E-state index contributed by atoms with van der Waals surface area (Å²) in [4.78, 5) is 25.5. The van der Waals surface area contributed by atoms with Gasteiger partial charge in [0.05, 0.1) is 7.11 Å². The summed E-state index contributed by atoms with van der Waals surface area (Å²) in [6.45, 7) is 7.92.